The summed E-state index contributed by atoms with van der Waals surface area (Å²) >= 11 is 2.91. The minimum atomic E-state index is -4.36. The SMILES string of the molecule is FC(CBr)c1ccc(C(F)(F)F)cc1. The Balaban J connectivity index is 2.89. The van der Waals surface area contributed by atoms with Crippen LogP contribution in [0.5, 0.6) is 0 Å². The Morgan fingerprint density at radius 3 is 2.00 bits per heavy atom. The lowest BCUT2D eigenvalue weighted by molar-refractivity contribution is -0.137. The molecule has 0 aliphatic heterocycles. The number of benzene rings is 1. The van der Waals surface area contributed by atoms with Crippen molar-refractivity contribution in [2.45, 2.75) is 12.3 Å². The molecule has 0 aliphatic rings. The molecule has 0 amide bonds. The lowest BCUT2D eigenvalue weighted by atomic mass is 10.1. The van der Waals surface area contributed by atoms with Gasteiger partial charge >= 0.3 is 6.18 Å². The molecule has 1 atom stereocenters. The summed E-state index contributed by atoms with van der Waals surface area (Å²) in [5.74, 6) is 0. The van der Waals surface area contributed by atoms with Crippen molar-refractivity contribution in [3.63, 3.8) is 0 Å². The van der Waals surface area contributed by atoms with Crippen LogP contribution in [0.4, 0.5) is 17.6 Å². The van der Waals surface area contributed by atoms with Crippen LogP contribution in [0.15, 0.2) is 24.3 Å². The van der Waals surface area contributed by atoms with Crippen molar-refractivity contribution < 1.29 is 17.6 Å². The molecule has 0 bridgehead atoms. The fraction of sp³-hybridized carbons (Fsp3) is 0.333. The van der Waals surface area contributed by atoms with E-state index < -0.39 is 17.9 Å². The topological polar surface area (TPSA) is 0 Å². The summed E-state index contributed by atoms with van der Waals surface area (Å²) in [5.41, 5.74) is -0.516. The van der Waals surface area contributed by atoms with E-state index in [-0.39, 0.29) is 10.9 Å². The van der Waals surface area contributed by atoms with Crippen molar-refractivity contribution in [1.82, 2.24) is 0 Å². The summed E-state index contributed by atoms with van der Waals surface area (Å²) < 4.78 is 49.3. The van der Waals surface area contributed by atoms with E-state index in [1.807, 2.05) is 0 Å². The number of rotatable bonds is 2. The smallest absolute Gasteiger partial charge is 0.241 e. The molecule has 0 saturated carbocycles. The van der Waals surface area contributed by atoms with Crippen molar-refractivity contribution >= 4 is 15.9 Å². The molecule has 5 heteroatoms. The minimum Gasteiger partial charge on any atom is -0.241 e. The van der Waals surface area contributed by atoms with Crippen LogP contribution in [0.25, 0.3) is 0 Å². The zero-order chi connectivity index (χ0) is 10.8. The summed E-state index contributed by atoms with van der Waals surface area (Å²) in [7, 11) is 0. The van der Waals surface area contributed by atoms with Gasteiger partial charge in [-0.3, -0.25) is 0 Å². The maximum absolute atomic E-state index is 13.0. The van der Waals surface area contributed by atoms with Gasteiger partial charge in [0, 0.05) is 5.33 Å². The van der Waals surface area contributed by atoms with Gasteiger partial charge in [-0.05, 0) is 17.7 Å². The van der Waals surface area contributed by atoms with Gasteiger partial charge in [0.05, 0.1) is 5.56 Å². The number of alkyl halides is 5. The fourth-order valence-electron chi connectivity index (χ4n) is 0.970. The van der Waals surface area contributed by atoms with Crippen molar-refractivity contribution in [3.05, 3.63) is 35.4 Å². The third-order valence-corrected chi connectivity index (χ3v) is 2.30. The molecule has 14 heavy (non-hydrogen) atoms. The first kappa shape index (κ1) is 11.5. The fourth-order valence-corrected chi connectivity index (χ4v) is 1.34. The van der Waals surface area contributed by atoms with Crippen LogP contribution in [-0.4, -0.2) is 5.33 Å². The standard InChI is InChI=1S/C9H7BrF4/c10-5-8(11)6-1-3-7(4-2-6)9(12,13)14/h1-4,8H,5H2. The zero-order valence-electron chi connectivity index (χ0n) is 6.98. The number of hydrogen-bond acceptors (Lipinski definition) is 0. The van der Waals surface area contributed by atoms with Gasteiger partial charge in [0.2, 0.25) is 0 Å². The average molecular weight is 271 g/mol. The first-order chi connectivity index (χ1) is 6.45. The largest absolute Gasteiger partial charge is 0.416 e. The van der Waals surface area contributed by atoms with Crippen LogP contribution in [0, 0.1) is 0 Å². The van der Waals surface area contributed by atoms with E-state index in [1.165, 1.54) is 0 Å². The molecular weight excluding hydrogens is 264 g/mol. The molecule has 0 spiro atoms. The summed E-state index contributed by atoms with van der Waals surface area (Å²) in [6.07, 6.45) is -5.63. The average Bonchev–Trinajstić information content (AvgIpc) is 2.15. The number of halogens is 5. The maximum Gasteiger partial charge on any atom is 0.416 e. The Bertz CT molecular complexity index is 291. The van der Waals surface area contributed by atoms with Crippen LogP contribution < -0.4 is 0 Å². The van der Waals surface area contributed by atoms with Gasteiger partial charge in [-0.25, -0.2) is 4.39 Å². The molecule has 0 N–H and O–H groups in total. The molecule has 1 unspecified atom stereocenters. The molecule has 0 aromatic heterocycles. The zero-order valence-corrected chi connectivity index (χ0v) is 8.57. The van der Waals surface area contributed by atoms with Crippen LogP contribution >= 0.6 is 15.9 Å². The van der Waals surface area contributed by atoms with E-state index in [0.717, 1.165) is 24.3 Å². The second-order valence-corrected chi connectivity index (χ2v) is 3.39. The molecule has 0 fully saturated rings. The minimum absolute atomic E-state index is 0.0817. The quantitative estimate of drug-likeness (QED) is 0.561. The molecular formula is C9H7BrF4. The highest BCUT2D eigenvalue weighted by Gasteiger charge is 2.30. The molecule has 0 aliphatic carbocycles. The summed E-state index contributed by atoms with van der Waals surface area (Å²) in [6, 6.07) is 4.05. The Kier molecular flexibility index (Phi) is 3.53. The van der Waals surface area contributed by atoms with E-state index in [0.29, 0.717) is 0 Å². The van der Waals surface area contributed by atoms with E-state index in [1.54, 1.807) is 0 Å². The van der Waals surface area contributed by atoms with Crippen molar-refractivity contribution in [2.75, 3.05) is 5.33 Å². The lowest BCUT2D eigenvalue weighted by Crippen LogP contribution is -2.05. The second-order valence-electron chi connectivity index (χ2n) is 2.74. The molecule has 1 aromatic rings. The van der Waals surface area contributed by atoms with E-state index in [4.69, 9.17) is 0 Å². The van der Waals surface area contributed by atoms with E-state index in [2.05, 4.69) is 15.9 Å². The van der Waals surface area contributed by atoms with Crippen LogP contribution in [0.3, 0.4) is 0 Å². The molecule has 0 radical (unpaired) electrons. The van der Waals surface area contributed by atoms with Crippen molar-refractivity contribution in [3.8, 4) is 0 Å². The Morgan fingerprint density at radius 2 is 1.64 bits per heavy atom. The third kappa shape index (κ3) is 2.70. The number of hydrogen-bond donors (Lipinski definition) is 0. The molecule has 78 valence electrons. The second kappa shape index (κ2) is 4.29. The first-order valence-electron chi connectivity index (χ1n) is 3.82. The van der Waals surface area contributed by atoms with Crippen molar-refractivity contribution in [2.24, 2.45) is 0 Å². The van der Waals surface area contributed by atoms with Crippen LogP contribution in [-0.2, 0) is 6.18 Å². The Hall–Kier alpha value is -0.580. The maximum atomic E-state index is 13.0. The van der Waals surface area contributed by atoms with Gasteiger partial charge in [-0.15, -0.1) is 0 Å². The van der Waals surface area contributed by atoms with Gasteiger partial charge in [0.15, 0.2) is 0 Å². The molecule has 0 heterocycles. The van der Waals surface area contributed by atoms with Gasteiger partial charge in [0.1, 0.15) is 6.17 Å². The van der Waals surface area contributed by atoms with Gasteiger partial charge in [0.25, 0.3) is 0 Å². The van der Waals surface area contributed by atoms with E-state index >= 15 is 0 Å². The predicted octanol–water partition coefficient (Wildman–Crippen LogP) is 4.11. The van der Waals surface area contributed by atoms with Gasteiger partial charge in [-0.2, -0.15) is 13.2 Å². The molecule has 1 rings (SSSR count). The lowest BCUT2D eigenvalue weighted by Gasteiger charge is -2.08. The predicted molar refractivity (Wildman–Crippen MR) is 49.1 cm³/mol. The third-order valence-electron chi connectivity index (χ3n) is 1.74. The normalized spacial score (nSPS) is 14.1. The van der Waals surface area contributed by atoms with Crippen molar-refractivity contribution in [1.29, 1.82) is 0 Å². The highest BCUT2D eigenvalue weighted by Crippen LogP contribution is 2.30. The summed E-state index contributed by atoms with van der Waals surface area (Å²) in [5, 5.41) is 0.0817. The molecule has 0 nitrogen and oxygen atoms in total. The Labute approximate surface area is 87.1 Å². The van der Waals surface area contributed by atoms with Gasteiger partial charge < -0.3 is 0 Å². The highest BCUT2D eigenvalue weighted by atomic mass is 79.9. The molecule has 0 saturated heterocycles. The monoisotopic (exact) mass is 270 g/mol. The van der Waals surface area contributed by atoms with E-state index in [9.17, 15) is 17.6 Å². The molecule has 1 aromatic carbocycles. The highest BCUT2D eigenvalue weighted by molar-refractivity contribution is 9.09. The summed E-state index contributed by atoms with van der Waals surface area (Å²) in [4.78, 5) is 0. The first-order valence-corrected chi connectivity index (χ1v) is 4.94. The van der Waals surface area contributed by atoms with Crippen LogP contribution in [0.1, 0.15) is 17.3 Å². The van der Waals surface area contributed by atoms with Crippen LogP contribution in [0.2, 0.25) is 0 Å². The summed E-state index contributed by atoms with van der Waals surface area (Å²) in [6.45, 7) is 0. The van der Waals surface area contributed by atoms with Gasteiger partial charge in [-0.1, -0.05) is 28.1 Å². The Morgan fingerprint density at radius 1 is 1.14 bits per heavy atom.